The van der Waals surface area contributed by atoms with Crippen LogP contribution in [-0.2, 0) is 6.42 Å². The van der Waals surface area contributed by atoms with Gasteiger partial charge in [-0.2, -0.15) is 0 Å². The number of rotatable bonds is 6. The molecule has 2 unspecified atom stereocenters. The first-order chi connectivity index (χ1) is 12.1. The summed E-state index contributed by atoms with van der Waals surface area (Å²) in [4.78, 5) is 26.2. The van der Waals surface area contributed by atoms with E-state index in [1.807, 2.05) is 19.2 Å². The molecule has 0 aromatic carbocycles. The molecule has 0 saturated carbocycles. The molecule has 3 rings (SSSR count). The molecule has 1 N–H and O–H groups in total. The van der Waals surface area contributed by atoms with Crippen LogP contribution < -0.4 is 10.5 Å². The quantitative estimate of drug-likeness (QED) is 0.869. The van der Waals surface area contributed by atoms with E-state index in [9.17, 15) is 4.79 Å². The van der Waals surface area contributed by atoms with Crippen LogP contribution in [0.2, 0.25) is 0 Å². The molecule has 134 valence electrons. The minimum absolute atomic E-state index is 0.112. The van der Waals surface area contributed by atoms with Crippen LogP contribution in [0.25, 0.3) is 11.4 Å². The zero-order chi connectivity index (χ0) is 17.8. The van der Waals surface area contributed by atoms with Gasteiger partial charge >= 0.3 is 0 Å². The molecule has 0 amide bonds. The number of pyridine rings is 1. The fourth-order valence-corrected chi connectivity index (χ4v) is 3.84. The number of H-pyrrole nitrogens is 1. The summed E-state index contributed by atoms with van der Waals surface area (Å²) in [5, 5.41) is 0. The van der Waals surface area contributed by atoms with Crippen molar-refractivity contribution >= 4 is 5.82 Å². The van der Waals surface area contributed by atoms with Crippen LogP contribution in [0.5, 0.6) is 0 Å². The number of aromatic nitrogens is 3. The van der Waals surface area contributed by atoms with Crippen molar-refractivity contribution in [2.75, 3.05) is 11.4 Å². The highest BCUT2D eigenvalue weighted by Gasteiger charge is 2.29. The maximum absolute atomic E-state index is 11.8. The highest BCUT2D eigenvalue weighted by atomic mass is 16.1. The van der Waals surface area contributed by atoms with Gasteiger partial charge in [-0.1, -0.05) is 27.2 Å². The van der Waals surface area contributed by atoms with Gasteiger partial charge in [-0.15, -0.1) is 0 Å². The highest BCUT2D eigenvalue weighted by molar-refractivity contribution is 5.56. The van der Waals surface area contributed by atoms with Gasteiger partial charge in [0.1, 0.15) is 11.6 Å². The minimum atomic E-state index is -0.112. The SMILES string of the molecule is CCCC(C)C1CCCN1c1ccc(-c2nc(CC)cc(=O)[nH]2)cn1. The average Bonchev–Trinajstić information content (AvgIpc) is 3.11. The number of hydrogen-bond donors (Lipinski definition) is 1. The molecular formula is C20H28N4O. The summed E-state index contributed by atoms with van der Waals surface area (Å²) in [7, 11) is 0. The zero-order valence-electron chi connectivity index (χ0n) is 15.5. The van der Waals surface area contributed by atoms with Crippen molar-refractivity contribution < 1.29 is 0 Å². The van der Waals surface area contributed by atoms with Gasteiger partial charge in [-0.3, -0.25) is 4.79 Å². The molecule has 1 saturated heterocycles. The van der Waals surface area contributed by atoms with Crippen molar-refractivity contribution in [3.63, 3.8) is 0 Å². The topological polar surface area (TPSA) is 61.9 Å². The second-order valence-electron chi connectivity index (χ2n) is 7.01. The Morgan fingerprint density at radius 3 is 2.88 bits per heavy atom. The number of nitrogens with zero attached hydrogens (tertiary/aromatic N) is 3. The van der Waals surface area contributed by atoms with E-state index in [4.69, 9.17) is 0 Å². The Morgan fingerprint density at radius 2 is 2.20 bits per heavy atom. The van der Waals surface area contributed by atoms with E-state index in [1.165, 1.54) is 25.7 Å². The number of nitrogens with one attached hydrogen (secondary N) is 1. The Hall–Kier alpha value is -2.17. The molecule has 1 aliphatic heterocycles. The predicted octanol–water partition coefficient (Wildman–Crippen LogP) is 3.80. The van der Waals surface area contributed by atoms with E-state index in [1.54, 1.807) is 6.07 Å². The molecular weight excluding hydrogens is 312 g/mol. The fourth-order valence-electron chi connectivity index (χ4n) is 3.84. The Bertz CT molecular complexity index is 753. The molecule has 0 spiro atoms. The van der Waals surface area contributed by atoms with Gasteiger partial charge in [0.15, 0.2) is 0 Å². The van der Waals surface area contributed by atoms with Crippen molar-refractivity contribution in [1.29, 1.82) is 0 Å². The summed E-state index contributed by atoms with van der Waals surface area (Å²) in [5.41, 5.74) is 1.54. The lowest BCUT2D eigenvalue weighted by molar-refractivity contribution is 0.420. The molecule has 25 heavy (non-hydrogen) atoms. The summed E-state index contributed by atoms with van der Waals surface area (Å²) in [6.45, 7) is 7.68. The third-order valence-electron chi connectivity index (χ3n) is 5.17. The van der Waals surface area contributed by atoms with E-state index in [0.29, 0.717) is 17.8 Å². The van der Waals surface area contributed by atoms with Gasteiger partial charge in [0, 0.05) is 36.1 Å². The maximum atomic E-state index is 11.8. The fraction of sp³-hybridized carbons (Fsp3) is 0.550. The molecule has 2 aromatic heterocycles. The molecule has 0 bridgehead atoms. The monoisotopic (exact) mass is 340 g/mol. The lowest BCUT2D eigenvalue weighted by Gasteiger charge is -2.30. The summed E-state index contributed by atoms with van der Waals surface area (Å²) >= 11 is 0. The minimum Gasteiger partial charge on any atom is -0.353 e. The van der Waals surface area contributed by atoms with Crippen molar-refractivity contribution in [2.45, 2.75) is 58.9 Å². The summed E-state index contributed by atoms with van der Waals surface area (Å²) in [6.07, 6.45) is 7.53. The second kappa shape index (κ2) is 7.81. The van der Waals surface area contributed by atoms with E-state index in [-0.39, 0.29) is 5.56 Å². The summed E-state index contributed by atoms with van der Waals surface area (Å²) in [6, 6.07) is 6.21. The lowest BCUT2D eigenvalue weighted by atomic mass is 9.95. The molecule has 0 radical (unpaired) electrons. The van der Waals surface area contributed by atoms with E-state index in [2.05, 4.69) is 39.8 Å². The molecule has 2 aromatic rings. The number of anilines is 1. The van der Waals surface area contributed by atoms with Gasteiger partial charge in [-0.05, 0) is 43.7 Å². The largest absolute Gasteiger partial charge is 0.353 e. The number of hydrogen-bond acceptors (Lipinski definition) is 4. The normalized spacial score (nSPS) is 18.5. The standard InChI is InChI=1S/C20H28N4O/c1-4-7-14(3)17-8-6-11-24(17)18-10-9-15(13-21-18)20-22-16(5-2)12-19(25)23-20/h9-10,12-14,17H,4-8,11H2,1-3H3,(H,22,23,25). The Morgan fingerprint density at radius 1 is 1.36 bits per heavy atom. The van der Waals surface area contributed by atoms with E-state index >= 15 is 0 Å². The molecule has 2 atom stereocenters. The van der Waals surface area contributed by atoms with E-state index < -0.39 is 0 Å². The third-order valence-corrected chi connectivity index (χ3v) is 5.17. The van der Waals surface area contributed by atoms with Crippen LogP contribution in [0.4, 0.5) is 5.82 Å². The first-order valence-corrected chi connectivity index (χ1v) is 9.45. The first-order valence-electron chi connectivity index (χ1n) is 9.45. The Kier molecular flexibility index (Phi) is 5.51. The maximum Gasteiger partial charge on any atom is 0.251 e. The average molecular weight is 340 g/mol. The lowest BCUT2D eigenvalue weighted by Crippen LogP contribution is -2.35. The van der Waals surface area contributed by atoms with Crippen molar-refractivity contribution in [3.8, 4) is 11.4 Å². The highest BCUT2D eigenvalue weighted by Crippen LogP contribution is 2.31. The molecule has 3 heterocycles. The number of aryl methyl sites for hydroxylation is 1. The summed E-state index contributed by atoms with van der Waals surface area (Å²) < 4.78 is 0. The van der Waals surface area contributed by atoms with Crippen LogP contribution in [0.1, 0.15) is 52.1 Å². The molecule has 5 nitrogen and oxygen atoms in total. The van der Waals surface area contributed by atoms with Crippen LogP contribution >= 0.6 is 0 Å². The zero-order valence-corrected chi connectivity index (χ0v) is 15.5. The van der Waals surface area contributed by atoms with Crippen LogP contribution in [0.3, 0.4) is 0 Å². The third kappa shape index (κ3) is 3.91. The molecule has 0 aliphatic carbocycles. The van der Waals surface area contributed by atoms with Gasteiger partial charge in [0.2, 0.25) is 0 Å². The first kappa shape index (κ1) is 17.6. The van der Waals surface area contributed by atoms with Crippen molar-refractivity contribution in [2.24, 2.45) is 5.92 Å². The molecule has 1 fully saturated rings. The smallest absolute Gasteiger partial charge is 0.251 e. The Labute approximate surface area is 149 Å². The van der Waals surface area contributed by atoms with E-state index in [0.717, 1.165) is 30.0 Å². The molecule has 5 heteroatoms. The van der Waals surface area contributed by atoms with Crippen molar-refractivity contribution in [1.82, 2.24) is 15.0 Å². The van der Waals surface area contributed by atoms with Crippen LogP contribution in [0, 0.1) is 5.92 Å². The van der Waals surface area contributed by atoms with Gasteiger partial charge in [-0.25, -0.2) is 9.97 Å². The molecule has 1 aliphatic rings. The summed E-state index contributed by atoms with van der Waals surface area (Å²) in [5.74, 6) is 2.32. The van der Waals surface area contributed by atoms with Crippen molar-refractivity contribution in [3.05, 3.63) is 40.4 Å². The van der Waals surface area contributed by atoms with Crippen LogP contribution in [0.15, 0.2) is 29.2 Å². The van der Waals surface area contributed by atoms with Gasteiger partial charge in [0.05, 0.1) is 0 Å². The second-order valence-corrected chi connectivity index (χ2v) is 7.01. The number of aromatic amines is 1. The predicted molar refractivity (Wildman–Crippen MR) is 102 cm³/mol. The van der Waals surface area contributed by atoms with Gasteiger partial charge < -0.3 is 9.88 Å². The van der Waals surface area contributed by atoms with Crippen LogP contribution in [-0.4, -0.2) is 27.5 Å². The van der Waals surface area contributed by atoms with Gasteiger partial charge in [0.25, 0.3) is 5.56 Å². The Balaban J connectivity index is 1.82.